The van der Waals surface area contributed by atoms with Crippen molar-refractivity contribution in [3.05, 3.63) is 18.2 Å². The molecule has 2 N–H and O–H groups in total. The fourth-order valence-corrected chi connectivity index (χ4v) is 2.00. The van der Waals surface area contributed by atoms with Gasteiger partial charge in [-0.05, 0) is 31.5 Å². The fourth-order valence-electron chi connectivity index (χ4n) is 2.00. The van der Waals surface area contributed by atoms with Crippen molar-refractivity contribution in [2.75, 3.05) is 24.4 Å². The van der Waals surface area contributed by atoms with Crippen LogP contribution in [-0.2, 0) is 9.53 Å². The molecule has 0 aliphatic carbocycles. The van der Waals surface area contributed by atoms with Crippen molar-refractivity contribution in [3.8, 4) is 5.75 Å². The predicted octanol–water partition coefficient (Wildman–Crippen LogP) is 2.24. The van der Waals surface area contributed by atoms with E-state index >= 15 is 0 Å². The van der Waals surface area contributed by atoms with Gasteiger partial charge in [-0.1, -0.05) is 6.92 Å². The number of ether oxygens (including phenoxy) is 2. The number of carbonyl (C=O) groups excluding carboxylic acids is 1. The number of amides is 1. The third-order valence-corrected chi connectivity index (χ3v) is 3.14. The maximum atomic E-state index is 11.6. The molecular weight excluding hydrogens is 244 g/mol. The maximum Gasteiger partial charge on any atom is 0.265 e. The largest absolute Gasteiger partial charge is 0.479 e. The lowest BCUT2D eigenvalue weighted by Crippen LogP contribution is -2.34. The highest BCUT2D eigenvalue weighted by atomic mass is 16.5. The van der Waals surface area contributed by atoms with E-state index in [0.717, 1.165) is 12.1 Å². The number of carbonyl (C=O) groups is 1. The van der Waals surface area contributed by atoms with E-state index < -0.39 is 6.10 Å². The second-order valence-corrected chi connectivity index (χ2v) is 4.67. The first-order chi connectivity index (χ1) is 9.13. The minimum Gasteiger partial charge on any atom is -0.479 e. The quantitative estimate of drug-likeness (QED) is 0.856. The van der Waals surface area contributed by atoms with Gasteiger partial charge < -0.3 is 20.1 Å². The summed E-state index contributed by atoms with van der Waals surface area (Å²) in [6.45, 7) is 4.48. The molecule has 0 radical (unpaired) electrons. The number of nitrogens with one attached hydrogen (secondary N) is 2. The van der Waals surface area contributed by atoms with Crippen molar-refractivity contribution in [2.45, 2.75) is 32.4 Å². The molecule has 1 aliphatic heterocycles. The summed E-state index contributed by atoms with van der Waals surface area (Å²) in [5, 5.41) is 6.21. The second-order valence-electron chi connectivity index (χ2n) is 4.67. The van der Waals surface area contributed by atoms with Crippen LogP contribution in [0.25, 0.3) is 0 Å². The lowest BCUT2D eigenvalue weighted by atomic mass is 10.1. The van der Waals surface area contributed by atoms with Gasteiger partial charge in [0, 0.05) is 18.8 Å². The molecule has 0 aromatic heterocycles. The van der Waals surface area contributed by atoms with Gasteiger partial charge in [0.15, 0.2) is 6.10 Å². The zero-order valence-corrected chi connectivity index (χ0v) is 11.5. The lowest BCUT2D eigenvalue weighted by Gasteiger charge is -2.24. The lowest BCUT2D eigenvalue weighted by molar-refractivity contribution is -0.122. The van der Waals surface area contributed by atoms with E-state index in [0.29, 0.717) is 18.0 Å². The van der Waals surface area contributed by atoms with Crippen LogP contribution in [0.4, 0.5) is 11.4 Å². The molecule has 0 saturated heterocycles. The Morgan fingerprint density at radius 3 is 3.00 bits per heavy atom. The van der Waals surface area contributed by atoms with Gasteiger partial charge in [0.1, 0.15) is 5.75 Å². The molecule has 2 rings (SSSR count). The summed E-state index contributed by atoms with van der Waals surface area (Å²) in [5.74, 6) is 0.589. The first kappa shape index (κ1) is 13.7. The predicted molar refractivity (Wildman–Crippen MR) is 74.7 cm³/mol. The Balaban J connectivity index is 2.12. The SMILES string of the molecule is CCC(COC)Nc1ccc2c(c1)NC(=O)C(C)O2. The second kappa shape index (κ2) is 5.93. The number of benzene rings is 1. The van der Waals surface area contributed by atoms with Crippen molar-refractivity contribution >= 4 is 17.3 Å². The van der Waals surface area contributed by atoms with E-state index in [1.807, 2.05) is 18.2 Å². The minimum absolute atomic E-state index is 0.117. The zero-order valence-electron chi connectivity index (χ0n) is 11.5. The first-order valence-corrected chi connectivity index (χ1v) is 6.51. The van der Waals surface area contributed by atoms with E-state index in [-0.39, 0.29) is 11.9 Å². The van der Waals surface area contributed by atoms with E-state index in [4.69, 9.17) is 9.47 Å². The van der Waals surface area contributed by atoms with Gasteiger partial charge in [-0.15, -0.1) is 0 Å². The Morgan fingerprint density at radius 1 is 1.53 bits per heavy atom. The first-order valence-electron chi connectivity index (χ1n) is 6.51. The van der Waals surface area contributed by atoms with Gasteiger partial charge in [0.25, 0.3) is 5.91 Å². The van der Waals surface area contributed by atoms with Gasteiger partial charge in [0.2, 0.25) is 0 Å². The van der Waals surface area contributed by atoms with Gasteiger partial charge in [-0.25, -0.2) is 0 Å². The zero-order chi connectivity index (χ0) is 13.8. The summed E-state index contributed by atoms with van der Waals surface area (Å²) in [7, 11) is 1.69. The Bertz CT molecular complexity index is 462. The molecule has 2 atom stereocenters. The van der Waals surface area contributed by atoms with Gasteiger partial charge in [-0.2, -0.15) is 0 Å². The molecular formula is C14H20N2O3. The molecule has 5 heteroatoms. The number of hydrogen-bond acceptors (Lipinski definition) is 4. The Labute approximate surface area is 113 Å². The molecule has 1 heterocycles. The topological polar surface area (TPSA) is 59.6 Å². The molecule has 0 fully saturated rings. The molecule has 2 unspecified atom stereocenters. The van der Waals surface area contributed by atoms with E-state index in [1.54, 1.807) is 14.0 Å². The van der Waals surface area contributed by atoms with Gasteiger partial charge in [-0.3, -0.25) is 4.79 Å². The van der Waals surface area contributed by atoms with Crippen LogP contribution < -0.4 is 15.4 Å². The van der Waals surface area contributed by atoms with Crippen LogP contribution in [0.1, 0.15) is 20.3 Å². The minimum atomic E-state index is -0.441. The third-order valence-electron chi connectivity index (χ3n) is 3.14. The number of anilines is 2. The van der Waals surface area contributed by atoms with Crippen LogP contribution in [-0.4, -0.2) is 31.8 Å². The van der Waals surface area contributed by atoms with E-state index in [9.17, 15) is 4.79 Å². The summed E-state index contributed by atoms with van der Waals surface area (Å²) in [5.41, 5.74) is 1.65. The molecule has 0 bridgehead atoms. The standard InChI is InChI=1S/C14H20N2O3/c1-4-10(8-18-3)15-11-5-6-13-12(7-11)16-14(17)9(2)19-13/h5-7,9-10,15H,4,8H2,1-3H3,(H,16,17). The summed E-state index contributed by atoms with van der Waals surface area (Å²) in [6.07, 6.45) is 0.522. The summed E-state index contributed by atoms with van der Waals surface area (Å²) >= 11 is 0. The van der Waals surface area contributed by atoms with Crippen LogP contribution in [0, 0.1) is 0 Å². The molecule has 1 aromatic carbocycles. The Kier molecular flexibility index (Phi) is 4.27. The van der Waals surface area contributed by atoms with Crippen molar-refractivity contribution < 1.29 is 14.3 Å². The monoisotopic (exact) mass is 264 g/mol. The van der Waals surface area contributed by atoms with Crippen molar-refractivity contribution in [1.82, 2.24) is 0 Å². The summed E-state index contributed by atoms with van der Waals surface area (Å²) < 4.78 is 10.7. The van der Waals surface area contributed by atoms with Crippen LogP contribution in [0.15, 0.2) is 18.2 Å². The molecule has 1 amide bonds. The number of hydrogen-bond donors (Lipinski definition) is 2. The molecule has 0 spiro atoms. The highest BCUT2D eigenvalue weighted by Gasteiger charge is 2.23. The van der Waals surface area contributed by atoms with Crippen LogP contribution in [0.5, 0.6) is 5.75 Å². The van der Waals surface area contributed by atoms with E-state index in [1.165, 1.54) is 0 Å². The number of methoxy groups -OCH3 is 1. The fraction of sp³-hybridized carbons (Fsp3) is 0.500. The van der Waals surface area contributed by atoms with Crippen molar-refractivity contribution in [1.29, 1.82) is 0 Å². The molecule has 5 nitrogen and oxygen atoms in total. The van der Waals surface area contributed by atoms with Crippen LogP contribution in [0.2, 0.25) is 0 Å². The highest BCUT2D eigenvalue weighted by molar-refractivity contribution is 5.98. The Morgan fingerprint density at radius 2 is 2.32 bits per heavy atom. The van der Waals surface area contributed by atoms with Crippen LogP contribution >= 0.6 is 0 Å². The Hall–Kier alpha value is -1.75. The average molecular weight is 264 g/mol. The summed E-state index contributed by atoms with van der Waals surface area (Å²) in [4.78, 5) is 11.6. The highest BCUT2D eigenvalue weighted by Crippen LogP contribution is 2.32. The molecule has 104 valence electrons. The number of fused-ring (bicyclic) bond motifs is 1. The molecule has 19 heavy (non-hydrogen) atoms. The third kappa shape index (κ3) is 3.17. The number of rotatable bonds is 5. The molecule has 0 saturated carbocycles. The van der Waals surface area contributed by atoms with Gasteiger partial charge >= 0.3 is 0 Å². The maximum absolute atomic E-state index is 11.6. The summed E-state index contributed by atoms with van der Waals surface area (Å²) in [6, 6.07) is 5.95. The molecule has 1 aromatic rings. The van der Waals surface area contributed by atoms with Crippen LogP contribution in [0.3, 0.4) is 0 Å². The average Bonchev–Trinajstić information content (AvgIpc) is 2.40. The van der Waals surface area contributed by atoms with Crippen molar-refractivity contribution in [3.63, 3.8) is 0 Å². The van der Waals surface area contributed by atoms with Crippen molar-refractivity contribution in [2.24, 2.45) is 0 Å². The van der Waals surface area contributed by atoms with Gasteiger partial charge in [0.05, 0.1) is 12.3 Å². The van der Waals surface area contributed by atoms with E-state index in [2.05, 4.69) is 17.6 Å². The smallest absolute Gasteiger partial charge is 0.265 e. The normalized spacial score (nSPS) is 19.1. The molecule has 1 aliphatic rings.